The zero-order valence-electron chi connectivity index (χ0n) is 17.2. The van der Waals surface area contributed by atoms with E-state index in [-0.39, 0.29) is 34.8 Å². The number of ketones is 1. The lowest BCUT2D eigenvalue weighted by atomic mass is 9.84. The van der Waals surface area contributed by atoms with Crippen LogP contribution in [0.15, 0.2) is 54.3 Å². The maximum Gasteiger partial charge on any atom is 0.312 e. The summed E-state index contributed by atoms with van der Waals surface area (Å²) in [6.45, 7) is 0. The summed E-state index contributed by atoms with van der Waals surface area (Å²) in [4.78, 5) is 25.1. The first-order chi connectivity index (χ1) is 15.9. The molecular formula is C25H15F3O5. The predicted molar refractivity (Wildman–Crippen MR) is 111 cm³/mol. The third-order valence-corrected chi connectivity index (χ3v) is 5.60. The molecule has 3 aromatic carbocycles. The summed E-state index contributed by atoms with van der Waals surface area (Å²) in [6.07, 6.45) is 1.29. The number of ether oxygens (including phenoxy) is 3. The average Bonchev–Trinajstić information content (AvgIpc) is 3.12. The SMILES string of the molecule is COc1ccc(/C=C2/Oc3c(ccc4c3[C@@H](c3cc(F)c(F)c(F)c3)CC(=O)O4)C2=O)cc1. The number of halogens is 3. The number of Topliss-reactive ketones (excluding diaryl/α,β-unsaturated/α-hetero) is 1. The van der Waals surface area contributed by atoms with Crippen LogP contribution < -0.4 is 14.2 Å². The fraction of sp³-hybridized carbons (Fsp3) is 0.120. The molecule has 0 N–H and O–H groups in total. The summed E-state index contributed by atoms with van der Waals surface area (Å²) in [5.74, 6) is -5.34. The molecule has 0 amide bonds. The number of rotatable bonds is 3. The first-order valence-corrected chi connectivity index (χ1v) is 9.96. The smallest absolute Gasteiger partial charge is 0.312 e. The molecule has 166 valence electrons. The van der Waals surface area contributed by atoms with Gasteiger partial charge in [0.2, 0.25) is 5.78 Å². The first-order valence-electron chi connectivity index (χ1n) is 9.96. The van der Waals surface area contributed by atoms with Gasteiger partial charge in [0.05, 0.1) is 19.1 Å². The number of carbonyl (C=O) groups is 2. The number of allylic oxidation sites excluding steroid dienone is 1. The van der Waals surface area contributed by atoms with E-state index in [9.17, 15) is 22.8 Å². The maximum atomic E-state index is 13.9. The van der Waals surface area contributed by atoms with E-state index in [1.807, 2.05) is 0 Å². The van der Waals surface area contributed by atoms with Crippen LogP contribution in [-0.2, 0) is 4.79 Å². The molecule has 1 atom stereocenters. The summed E-state index contributed by atoms with van der Waals surface area (Å²) in [7, 11) is 1.54. The van der Waals surface area contributed by atoms with Crippen molar-refractivity contribution in [3.8, 4) is 17.2 Å². The van der Waals surface area contributed by atoms with Crippen molar-refractivity contribution < 1.29 is 37.0 Å². The van der Waals surface area contributed by atoms with E-state index in [0.717, 1.165) is 12.1 Å². The standard InChI is InChI=1S/C25H15F3O5/c1-31-14-4-2-12(3-5-14)8-20-24(30)15-6-7-19-22(25(15)33-20)16(11-21(29)32-19)13-9-17(26)23(28)18(27)10-13/h2-10,16H,11H2,1H3/b20-8+/t16-/m1/s1. The van der Waals surface area contributed by atoms with Crippen molar-refractivity contribution in [2.45, 2.75) is 12.3 Å². The molecule has 0 spiro atoms. The van der Waals surface area contributed by atoms with Crippen molar-refractivity contribution in [1.82, 2.24) is 0 Å². The van der Waals surface area contributed by atoms with Gasteiger partial charge in [0.15, 0.2) is 23.2 Å². The number of carbonyl (C=O) groups excluding carboxylic acids is 2. The molecule has 33 heavy (non-hydrogen) atoms. The van der Waals surface area contributed by atoms with Crippen molar-refractivity contribution in [3.63, 3.8) is 0 Å². The quantitative estimate of drug-likeness (QED) is 0.238. The number of methoxy groups -OCH3 is 1. The van der Waals surface area contributed by atoms with Crippen molar-refractivity contribution in [2.75, 3.05) is 7.11 Å². The van der Waals surface area contributed by atoms with Crippen molar-refractivity contribution in [1.29, 1.82) is 0 Å². The zero-order chi connectivity index (χ0) is 23.3. The minimum Gasteiger partial charge on any atom is -0.497 e. The summed E-state index contributed by atoms with van der Waals surface area (Å²) in [6, 6.07) is 11.5. The van der Waals surface area contributed by atoms with Crippen LogP contribution in [0.4, 0.5) is 13.2 Å². The number of fused-ring (bicyclic) bond motifs is 3. The molecule has 0 radical (unpaired) electrons. The summed E-state index contributed by atoms with van der Waals surface area (Å²) in [5, 5.41) is 0. The summed E-state index contributed by atoms with van der Waals surface area (Å²) < 4.78 is 57.6. The molecular weight excluding hydrogens is 437 g/mol. The van der Waals surface area contributed by atoms with Crippen LogP contribution in [0.25, 0.3) is 6.08 Å². The van der Waals surface area contributed by atoms with Crippen LogP contribution in [-0.4, -0.2) is 18.9 Å². The Labute approximate surface area is 186 Å². The first kappa shape index (κ1) is 20.8. The highest BCUT2D eigenvalue weighted by Crippen LogP contribution is 2.49. The maximum absolute atomic E-state index is 13.9. The third-order valence-electron chi connectivity index (χ3n) is 5.60. The summed E-state index contributed by atoms with van der Waals surface area (Å²) >= 11 is 0. The van der Waals surface area contributed by atoms with Crippen LogP contribution in [0.3, 0.4) is 0 Å². The second-order valence-electron chi connectivity index (χ2n) is 7.60. The number of hydrogen-bond acceptors (Lipinski definition) is 5. The van der Waals surface area contributed by atoms with Gasteiger partial charge in [-0.15, -0.1) is 0 Å². The second-order valence-corrected chi connectivity index (χ2v) is 7.60. The molecule has 0 saturated heterocycles. The number of hydrogen-bond donors (Lipinski definition) is 0. The molecule has 0 fully saturated rings. The fourth-order valence-electron chi connectivity index (χ4n) is 4.02. The van der Waals surface area contributed by atoms with Gasteiger partial charge in [-0.3, -0.25) is 9.59 Å². The minimum absolute atomic E-state index is 0.0290. The highest BCUT2D eigenvalue weighted by Gasteiger charge is 2.39. The molecule has 2 aliphatic rings. The van der Waals surface area contributed by atoms with Crippen LogP contribution in [0.5, 0.6) is 17.2 Å². The highest BCUT2D eigenvalue weighted by atomic mass is 19.2. The Morgan fingerprint density at radius 1 is 0.970 bits per heavy atom. The molecule has 0 saturated carbocycles. The van der Waals surface area contributed by atoms with Crippen LogP contribution in [0.1, 0.15) is 39.4 Å². The monoisotopic (exact) mass is 452 g/mol. The topological polar surface area (TPSA) is 61.8 Å². The molecule has 2 heterocycles. The Morgan fingerprint density at radius 2 is 1.67 bits per heavy atom. The lowest BCUT2D eigenvalue weighted by molar-refractivity contribution is -0.135. The van der Waals surface area contributed by atoms with E-state index in [0.29, 0.717) is 16.9 Å². The van der Waals surface area contributed by atoms with Gasteiger partial charge < -0.3 is 14.2 Å². The Kier molecular flexibility index (Phi) is 4.92. The van der Waals surface area contributed by atoms with Crippen LogP contribution >= 0.6 is 0 Å². The van der Waals surface area contributed by atoms with E-state index in [2.05, 4.69) is 0 Å². The lowest BCUT2D eigenvalue weighted by Crippen LogP contribution is -2.22. The van der Waals surface area contributed by atoms with Crippen molar-refractivity contribution >= 4 is 17.8 Å². The van der Waals surface area contributed by atoms with E-state index in [1.165, 1.54) is 12.1 Å². The molecule has 0 aliphatic carbocycles. The molecule has 0 aromatic heterocycles. The predicted octanol–water partition coefficient (Wildman–Crippen LogP) is 5.17. The second kappa shape index (κ2) is 7.81. The minimum atomic E-state index is -1.60. The molecule has 8 heteroatoms. The van der Waals surface area contributed by atoms with E-state index < -0.39 is 35.1 Å². The molecule has 3 aromatic rings. The average molecular weight is 452 g/mol. The van der Waals surface area contributed by atoms with Gasteiger partial charge in [-0.2, -0.15) is 0 Å². The van der Waals surface area contributed by atoms with E-state index in [4.69, 9.17) is 14.2 Å². The van der Waals surface area contributed by atoms with Gasteiger partial charge in [0.25, 0.3) is 0 Å². The number of benzene rings is 3. The summed E-state index contributed by atoms with van der Waals surface area (Å²) in [5.41, 5.74) is 1.23. The molecule has 0 bridgehead atoms. The van der Waals surface area contributed by atoms with E-state index in [1.54, 1.807) is 37.5 Å². The Hall–Kier alpha value is -4.07. The molecule has 5 nitrogen and oxygen atoms in total. The largest absolute Gasteiger partial charge is 0.497 e. The lowest BCUT2D eigenvalue weighted by Gasteiger charge is -2.26. The van der Waals surface area contributed by atoms with Gasteiger partial charge in [-0.25, -0.2) is 13.2 Å². The van der Waals surface area contributed by atoms with E-state index >= 15 is 0 Å². The molecule has 5 rings (SSSR count). The molecule has 0 unspecified atom stereocenters. The third kappa shape index (κ3) is 3.53. The van der Waals surface area contributed by atoms with Gasteiger partial charge in [-0.05, 0) is 53.6 Å². The fourth-order valence-corrected chi connectivity index (χ4v) is 4.02. The normalized spacial score (nSPS) is 17.9. The van der Waals surface area contributed by atoms with Crippen LogP contribution in [0, 0.1) is 17.5 Å². The van der Waals surface area contributed by atoms with Gasteiger partial charge >= 0.3 is 5.97 Å². The van der Waals surface area contributed by atoms with Crippen LogP contribution in [0.2, 0.25) is 0 Å². The van der Waals surface area contributed by atoms with Crippen molar-refractivity contribution in [2.24, 2.45) is 0 Å². The van der Waals surface area contributed by atoms with Gasteiger partial charge in [0.1, 0.15) is 17.2 Å². The Balaban J connectivity index is 1.60. The van der Waals surface area contributed by atoms with Gasteiger partial charge in [-0.1, -0.05) is 12.1 Å². The Morgan fingerprint density at radius 3 is 2.33 bits per heavy atom. The van der Waals surface area contributed by atoms with Gasteiger partial charge in [0, 0.05) is 11.5 Å². The molecule has 2 aliphatic heterocycles. The highest BCUT2D eigenvalue weighted by molar-refractivity contribution is 6.15. The zero-order valence-corrected chi connectivity index (χ0v) is 17.2. The van der Waals surface area contributed by atoms with Crippen molar-refractivity contribution in [3.05, 3.63) is 94.0 Å². The number of esters is 1. The Bertz CT molecular complexity index is 1320.